The molecule has 5 heteroatoms. The SMILES string of the molecule is Cc1ccsc1C.Cc1sc(C)c(C)c1C.[CH3-].[CH3-].[CH3-].[Y].[Y].[Y]. The summed E-state index contributed by atoms with van der Waals surface area (Å²) in [5, 5.41) is 2.12. The fourth-order valence-electron chi connectivity index (χ4n) is 1.36. The molecule has 0 N–H and O–H groups in total. The van der Waals surface area contributed by atoms with Crippen LogP contribution in [0.3, 0.4) is 0 Å². The number of aryl methyl sites for hydroxylation is 4. The van der Waals surface area contributed by atoms with Crippen LogP contribution in [0.15, 0.2) is 11.4 Å². The van der Waals surface area contributed by atoms with E-state index < -0.39 is 0 Å². The fraction of sp³-hybridized carbons (Fsp3) is 0.353. The molecule has 0 amide bonds. The van der Waals surface area contributed by atoms with Crippen LogP contribution >= 0.6 is 22.7 Å². The Kier molecular flexibility index (Phi) is 36.1. The molecule has 0 saturated heterocycles. The van der Waals surface area contributed by atoms with E-state index in [0.717, 1.165) is 0 Å². The molecule has 0 unspecified atom stereocenters. The van der Waals surface area contributed by atoms with Crippen molar-refractivity contribution in [2.45, 2.75) is 41.5 Å². The molecule has 2 rings (SSSR count). The molecule has 22 heavy (non-hydrogen) atoms. The Bertz CT molecular complexity index is 435. The Morgan fingerprint density at radius 3 is 1.09 bits per heavy atom. The van der Waals surface area contributed by atoms with Crippen molar-refractivity contribution in [2.24, 2.45) is 0 Å². The van der Waals surface area contributed by atoms with Crippen molar-refractivity contribution in [1.82, 2.24) is 0 Å². The van der Waals surface area contributed by atoms with Gasteiger partial charge < -0.3 is 22.3 Å². The van der Waals surface area contributed by atoms with Crippen molar-refractivity contribution < 1.29 is 98.1 Å². The Hall–Kier alpha value is 2.71. The second-order valence-electron chi connectivity index (χ2n) is 4.12. The Labute approximate surface area is 223 Å². The zero-order valence-corrected chi connectivity index (χ0v) is 25.9. The van der Waals surface area contributed by atoms with Gasteiger partial charge in [0, 0.05) is 113 Å². The maximum absolute atomic E-state index is 2.19. The summed E-state index contributed by atoms with van der Waals surface area (Å²) in [4.78, 5) is 4.36. The second-order valence-corrected chi connectivity index (χ2v) is 6.67. The van der Waals surface area contributed by atoms with Gasteiger partial charge in [-0.3, -0.25) is 0 Å². The average molecular weight is 564 g/mol. The minimum atomic E-state index is 0. The third-order valence-corrected chi connectivity index (χ3v) is 5.22. The van der Waals surface area contributed by atoms with Crippen LogP contribution in [0, 0.1) is 63.8 Å². The van der Waals surface area contributed by atoms with Crippen LogP contribution in [0.1, 0.15) is 31.3 Å². The van der Waals surface area contributed by atoms with Gasteiger partial charge in [-0.15, -0.1) is 22.7 Å². The molecule has 0 aliphatic rings. The van der Waals surface area contributed by atoms with Crippen molar-refractivity contribution >= 4 is 22.7 Å². The van der Waals surface area contributed by atoms with Gasteiger partial charge in [0.2, 0.25) is 0 Å². The van der Waals surface area contributed by atoms with Gasteiger partial charge in [0.1, 0.15) is 0 Å². The molecule has 0 spiro atoms. The number of hydrogen-bond donors (Lipinski definition) is 0. The normalized spacial score (nSPS) is 7.18. The zero-order chi connectivity index (χ0) is 12.3. The number of thiophene rings is 2. The van der Waals surface area contributed by atoms with E-state index in [9.17, 15) is 0 Å². The molecule has 0 nitrogen and oxygen atoms in total. The Morgan fingerprint density at radius 1 is 0.636 bits per heavy atom. The summed E-state index contributed by atoms with van der Waals surface area (Å²) in [6.45, 7) is 13.0. The molecule has 3 radical (unpaired) electrons. The summed E-state index contributed by atoms with van der Waals surface area (Å²) in [6.07, 6.45) is 0. The summed E-state index contributed by atoms with van der Waals surface area (Å²) in [7, 11) is 0. The van der Waals surface area contributed by atoms with Gasteiger partial charge in [0.15, 0.2) is 0 Å². The molecule has 2 aromatic heterocycles. The molecule has 0 bridgehead atoms. The van der Waals surface area contributed by atoms with Crippen LogP contribution in [0.5, 0.6) is 0 Å². The van der Waals surface area contributed by atoms with E-state index in [4.69, 9.17) is 0 Å². The first-order chi connectivity index (χ1) is 7.43. The van der Waals surface area contributed by atoms with E-state index in [0.29, 0.717) is 0 Å². The summed E-state index contributed by atoms with van der Waals surface area (Å²) in [5.74, 6) is 0. The van der Waals surface area contributed by atoms with Gasteiger partial charge in [-0.2, -0.15) is 0 Å². The van der Waals surface area contributed by atoms with Crippen LogP contribution in [-0.4, -0.2) is 0 Å². The minimum Gasteiger partial charge on any atom is -0.358 e. The Balaban J connectivity index is -0.0000000464. The smallest absolute Gasteiger partial charge is 0.00489 e. The van der Waals surface area contributed by atoms with Crippen molar-refractivity contribution in [3.05, 3.63) is 65.0 Å². The topological polar surface area (TPSA) is 0 Å². The Morgan fingerprint density at radius 2 is 1.00 bits per heavy atom. The van der Waals surface area contributed by atoms with Crippen molar-refractivity contribution in [3.8, 4) is 0 Å². The summed E-state index contributed by atoms with van der Waals surface area (Å²) < 4.78 is 0. The van der Waals surface area contributed by atoms with Crippen LogP contribution in [0.2, 0.25) is 0 Å². The first kappa shape index (κ1) is 39.7. The molecular formula is C17H29S2Y3-3. The first-order valence-electron chi connectivity index (χ1n) is 5.47. The summed E-state index contributed by atoms with van der Waals surface area (Å²) in [6, 6.07) is 2.14. The molecule has 121 valence electrons. The summed E-state index contributed by atoms with van der Waals surface area (Å²) in [5.41, 5.74) is 4.35. The van der Waals surface area contributed by atoms with Gasteiger partial charge in [-0.1, -0.05) is 0 Å². The van der Waals surface area contributed by atoms with Crippen LogP contribution in [0.25, 0.3) is 0 Å². The number of rotatable bonds is 0. The van der Waals surface area contributed by atoms with Gasteiger partial charge in [-0.05, 0) is 69.7 Å². The maximum atomic E-state index is 2.19. The molecular weight excluding hydrogens is 535 g/mol. The molecule has 0 saturated carbocycles. The fourth-order valence-corrected chi connectivity index (χ4v) is 3.16. The third-order valence-electron chi connectivity index (χ3n) is 3.04. The predicted molar refractivity (Wildman–Crippen MR) is 96.3 cm³/mol. The quantitative estimate of drug-likeness (QED) is 0.313. The average Bonchev–Trinajstić information content (AvgIpc) is 2.70. The van der Waals surface area contributed by atoms with E-state index in [1.807, 2.05) is 11.3 Å². The van der Waals surface area contributed by atoms with E-state index in [1.54, 1.807) is 11.3 Å². The molecule has 0 fully saturated rings. The van der Waals surface area contributed by atoms with Crippen LogP contribution in [-0.2, 0) is 98.1 Å². The zero-order valence-electron chi connectivity index (χ0n) is 15.7. The van der Waals surface area contributed by atoms with Crippen molar-refractivity contribution in [2.75, 3.05) is 0 Å². The van der Waals surface area contributed by atoms with E-state index >= 15 is 0 Å². The van der Waals surface area contributed by atoms with E-state index in [2.05, 4.69) is 53.0 Å². The standard InChI is InChI=1S/C8H12S.C6H8S.3CH3.3Y/c1-5-6(2)8(4)9-7(5)3;1-5-3-4-7-6(5)2;;;;;;/h1-4H3;3-4H,1-2H3;3*1H3;;;/q;;3*-1;;;. The molecule has 0 aliphatic heterocycles. The van der Waals surface area contributed by atoms with E-state index in [-0.39, 0.29) is 120 Å². The monoisotopic (exact) mass is 564 g/mol. The van der Waals surface area contributed by atoms with Gasteiger partial charge >= 0.3 is 0 Å². The van der Waals surface area contributed by atoms with E-state index in [1.165, 1.54) is 31.3 Å². The minimum absolute atomic E-state index is 0. The largest absolute Gasteiger partial charge is 0.358 e. The summed E-state index contributed by atoms with van der Waals surface area (Å²) >= 11 is 3.70. The molecule has 2 heterocycles. The molecule has 0 atom stereocenters. The third kappa shape index (κ3) is 13.0. The van der Waals surface area contributed by atoms with Gasteiger partial charge in [0.05, 0.1) is 0 Å². The molecule has 0 aliphatic carbocycles. The molecule has 2 aromatic rings. The van der Waals surface area contributed by atoms with Gasteiger partial charge in [0.25, 0.3) is 0 Å². The van der Waals surface area contributed by atoms with Crippen LogP contribution < -0.4 is 0 Å². The van der Waals surface area contributed by atoms with Crippen molar-refractivity contribution in [1.29, 1.82) is 0 Å². The maximum Gasteiger partial charge on any atom is 0.00489 e. The van der Waals surface area contributed by atoms with Gasteiger partial charge in [-0.25, -0.2) is 0 Å². The van der Waals surface area contributed by atoms with Crippen LogP contribution in [0.4, 0.5) is 0 Å². The second kappa shape index (κ2) is 20.0. The first-order valence-corrected chi connectivity index (χ1v) is 7.17. The predicted octanol–water partition coefficient (Wildman–Crippen LogP) is 6.69. The molecule has 0 aromatic carbocycles. The van der Waals surface area contributed by atoms with Crippen molar-refractivity contribution in [3.63, 3.8) is 0 Å². The number of hydrogen-bond acceptors (Lipinski definition) is 2.